The molecule has 0 aromatic carbocycles. The fourth-order valence-corrected chi connectivity index (χ4v) is 1.98. The normalized spacial score (nSPS) is 10.4. The van der Waals surface area contributed by atoms with Crippen LogP contribution < -0.4 is 10.6 Å². The van der Waals surface area contributed by atoms with Crippen molar-refractivity contribution in [1.29, 1.82) is 0 Å². The van der Waals surface area contributed by atoms with Gasteiger partial charge in [0.25, 0.3) is 5.91 Å². The molecule has 7 heteroatoms. The van der Waals surface area contributed by atoms with Gasteiger partial charge >= 0.3 is 0 Å². The second-order valence-corrected chi connectivity index (χ2v) is 4.73. The smallest absolute Gasteiger partial charge is 0.275 e. The van der Waals surface area contributed by atoms with Crippen LogP contribution in [0.3, 0.4) is 0 Å². The van der Waals surface area contributed by atoms with Crippen LogP contribution in [0.5, 0.6) is 0 Å². The first-order chi connectivity index (χ1) is 9.52. The molecule has 2 heterocycles. The van der Waals surface area contributed by atoms with Crippen LogP contribution in [0.15, 0.2) is 12.1 Å². The van der Waals surface area contributed by atoms with E-state index in [4.69, 9.17) is 11.6 Å². The lowest BCUT2D eigenvalue weighted by atomic mass is 10.2. The van der Waals surface area contributed by atoms with Crippen molar-refractivity contribution >= 4 is 29.0 Å². The summed E-state index contributed by atoms with van der Waals surface area (Å²) in [6.45, 7) is 6.31. The molecule has 6 nitrogen and oxygen atoms in total. The zero-order chi connectivity index (χ0) is 14.7. The Hall–Kier alpha value is -2.08. The Labute approximate surface area is 121 Å². The molecule has 1 amide bonds. The lowest BCUT2D eigenvalue weighted by Crippen LogP contribution is -2.16. The Morgan fingerprint density at radius 1 is 1.40 bits per heavy atom. The largest absolute Gasteiger partial charge is 0.370 e. The molecule has 0 saturated heterocycles. The number of aromatic nitrogens is 3. The summed E-state index contributed by atoms with van der Waals surface area (Å²) < 4.78 is 0. The van der Waals surface area contributed by atoms with E-state index in [0.717, 1.165) is 17.9 Å². The number of aromatic amines is 1. The van der Waals surface area contributed by atoms with Crippen LogP contribution in [0.4, 0.5) is 11.5 Å². The van der Waals surface area contributed by atoms with E-state index in [-0.39, 0.29) is 11.6 Å². The molecular weight excluding hydrogens is 278 g/mol. The first kappa shape index (κ1) is 14.3. The van der Waals surface area contributed by atoms with Crippen LogP contribution in [0.2, 0.25) is 5.02 Å². The Morgan fingerprint density at radius 2 is 2.15 bits per heavy atom. The Balaban J connectivity index is 2.27. The maximum absolute atomic E-state index is 12.3. The van der Waals surface area contributed by atoms with Gasteiger partial charge in [0.2, 0.25) is 0 Å². The molecule has 106 valence electrons. The van der Waals surface area contributed by atoms with E-state index in [1.54, 1.807) is 12.1 Å². The molecule has 0 radical (unpaired) electrons. The number of aryl methyl sites for hydroxylation is 2. The number of nitrogens with zero attached hydrogens (tertiary/aromatic N) is 2. The van der Waals surface area contributed by atoms with E-state index >= 15 is 0 Å². The fraction of sp³-hybridized carbons (Fsp3) is 0.308. The molecule has 20 heavy (non-hydrogen) atoms. The van der Waals surface area contributed by atoms with Gasteiger partial charge in [0.1, 0.15) is 11.5 Å². The molecule has 0 unspecified atom stereocenters. The number of carbonyl (C=O) groups is 1. The second-order valence-electron chi connectivity index (χ2n) is 4.32. The van der Waals surface area contributed by atoms with Gasteiger partial charge in [0, 0.05) is 6.54 Å². The van der Waals surface area contributed by atoms with Gasteiger partial charge < -0.3 is 10.6 Å². The molecule has 0 bridgehead atoms. The summed E-state index contributed by atoms with van der Waals surface area (Å²) in [6.07, 6.45) is 0. The van der Waals surface area contributed by atoms with Crippen molar-refractivity contribution in [3.63, 3.8) is 0 Å². The predicted molar refractivity (Wildman–Crippen MR) is 79.4 cm³/mol. The number of amides is 1. The summed E-state index contributed by atoms with van der Waals surface area (Å²) in [5, 5.41) is 13.0. The zero-order valence-corrected chi connectivity index (χ0v) is 12.3. The molecule has 0 aliphatic rings. The van der Waals surface area contributed by atoms with Crippen LogP contribution >= 0.6 is 11.6 Å². The van der Waals surface area contributed by atoms with E-state index in [9.17, 15) is 4.79 Å². The SMILES string of the molecule is CCNc1ccc(Cl)c(C(=O)Nc2c(C)n[nH]c2C)n1. The number of nitrogens with one attached hydrogen (secondary N) is 3. The van der Waals surface area contributed by atoms with E-state index < -0.39 is 0 Å². The van der Waals surface area contributed by atoms with Gasteiger partial charge in [0.05, 0.1) is 22.1 Å². The van der Waals surface area contributed by atoms with Gasteiger partial charge in [-0.3, -0.25) is 9.89 Å². The average Bonchev–Trinajstić information content (AvgIpc) is 2.73. The van der Waals surface area contributed by atoms with Crippen molar-refractivity contribution in [2.24, 2.45) is 0 Å². The molecule has 0 spiro atoms. The van der Waals surface area contributed by atoms with Gasteiger partial charge in [0.15, 0.2) is 0 Å². The summed E-state index contributed by atoms with van der Waals surface area (Å²) in [6, 6.07) is 3.38. The van der Waals surface area contributed by atoms with Crippen LogP contribution in [-0.2, 0) is 0 Å². The molecule has 2 rings (SSSR count). The molecule has 2 aromatic rings. The molecule has 0 aliphatic heterocycles. The molecule has 0 fully saturated rings. The summed E-state index contributed by atoms with van der Waals surface area (Å²) >= 11 is 6.04. The van der Waals surface area contributed by atoms with E-state index in [0.29, 0.717) is 16.5 Å². The van der Waals surface area contributed by atoms with Crippen molar-refractivity contribution in [1.82, 2.24) is 15.2 Å². The van der Waals surface area contributed by atoms with Crippen LogP contribution in [0, 0.1) is 13.8 Å². The summed E-state index contributed by atoms with van der Waals surface area (Å²) in [5.41, 5.74) is 2.34. The number of H-pyrrole nitrogens is 1. The first-order valence-corrected chi connectivity index (χ1v) is 6.64. The third-order valence-electron chi connectivity index (χ3n) is 2.79. The van der Waals surface area contributed by atoms with Crippen LogP contribution in [-0.4, -0.2) is 27.6 Å². The van der Waals surface area contributed by atoms with Gasteiger partial charge in [-0.15, -0.1) is 0 Å². The summed E-state index contributed by atoms with van der Waals surface area (Å²) in [4.78, 5) is 16.5. The Kier molecular flexibility index (Phi) is 4.24. The highest BCUT2D eigenvalue weighted by molar-refractivity contribution is 6.34. The minimum Gasteiger partial charge on any atom is -0.370 e. The summed E-state index contributed by atoms with van der Waals surface area (Å²) in [5.74, 6) is 0.255. The summed E-state index contributed by atoms with van der Waals surface area (Å²) in [7, 11) is 0. The number of pyridine rings is 1. The topological polar surface area (TPSA) is 82.7 Å². The Bertz CT molecular complexity index is 618. The van der Waals surface area contributed by atoms with Crippen molar-refractivity contribution in [2.45, 2.75) is 20.8 Å². The average molecular weight is 294 g/mol. The van der Waals surface area contributed by atoms with Crippen LogP contribution in [0.1, 0.15) is 28.8 Å². The number of hydrogen-bond donors (Lipinski definition) is 3. The first-order valence-electron chi connectivity index (χ1n) is 6.26. The van der Waals surface area contributed by atoms with E-state index in [1.165, 1.54) is 0 Å². The number of halogens is 1. The zero-order valence-electron chi connectivity index (χ0n) is 11.5. The lowest BCUT2D eigenvalue weighted by molar-refractivity contribution is 0.102. The van der Waals surface area contributed by atoms with E-state index in [1.807, 2.05) is 20.8 Å². The third kappa shape index (κ3) is 2.91. The standard InChI is InChI=1S/C13H16ClN5O/c1-4-15-10-6-5-9(14)12(16-10)13(20)17-11-7(2)18-19-8(11)3/h5-6H,4H2,1-3H3,(H,15,16)(H,17,20)(H,18,19). The number of rotatable bonds is 4. The van der Waals surface area contributed by atoms with Crippen molar-refractivity contribution in [3.05, 3.63) is 34.2 Å². The van der Waals surface area contributed by atoms with E-state index in [2.05, 4.69) is 25.8 Å². The maximum atomic E-state index is 12.3. The van der Waals surface area contributed by atoms with Crippen molar-refractivity contribution in [2.75, 3.05) is 17.2 Å². The van der Waals surface area contributed by atoms with Crippen molar-refractivity contribution in [3.8, 4) is 0 Å². The highest BCUT2D eigenvalue weighted by Gasteiger charge is 2.16. The molecule has 0 atom stereocenters. The second kappa shape index (κ2) is 5.92. The van der Waals surface area contributed by atoms with Gasteiger partial charge in [-0.25, -0.2) is 4.98 Å². The minimum atomic E-state index is -0.359. The number of anilines is 2. The van der Waals surface area contributed by atoms with Crippen LogP contribution in [0.25, 0.3) is 0 Å². The van der Waals surface area contributed by atoms with Gasteiger partial charge in [-0.2, -0.15) is 5.10 Å². The fourth-order valence-electron chi connectivity index (χ4n) is 1.79. The molecule has 3 N–H and O–H groups in total. The third-order valence-corrected chi connectivity index (χ3v) is 3.09. The molecule has 2 aromatic heterocycles. The highest BCUT2D eigenvalue weighted by atomic mass is 35.5. The predicted octanol–water partition coefficient (Wildman–Crippen LogP) is 2.76. The van der Waals surface area contributed by atoms with Gasteiger partial charge in [-0.05, 0) is 32.9 Å². The highest BCUT2D eigenvalue weighted by Crippen LogP contribution is 2.21. The monoisotopic (exact) mass is 293 g/mol. The number of carbonyl (C=O) groups excluding carboxylic acids is 1. The number of hydrogen-bond acceptors (Lipinski definition) is 4. The lowest BCUT2D eigenvalue weighted by Gasteiger charge is -2.08. The molecule has 0 saturated carbocycles. The van der Waals surface area contributed by atoms with Crippen molar-refractivity contribution < 1.29 is 4.79 Å². The molecular formula is C13H16ClN5O. The quantitative estimate of drug-likeness (QED) is 0.809. The van der Waals surface area contributed by atoms with Gasteiger partial charge in [-0.1, -0.05) is 11.6 Å². The minimum absolute atomic E-state index is 0.185. The maximum Gasteiger partial charge on any atom is 0.275 e. The Morgan fingerprint density at radius 3 is 2.75 bits per heavy atom. The molecule has 0 aliphatic carbocycles.